The van der Waals surface area contributed by atoms with Crippen molar-refractivity contribution in [3.05, 3.63) is 0 Å². The minimum Gasteiger partial charge on any atom is -0.483 e. The minimum atomic E-state index is -0.250. The fourth-order valence-electron chi connectivity index (χ4n) is 0.788. The van der Waals surface area contributed by atoms with Crippen molar-refractivity contribution >= 4 is 6.47 Å². The van der Waals surface area contributed by atoms with Crippen molar-refractivity contribution in [3.8, 4) is 0 Å². The van der Waals surface area contributed by atoms with Crippen LogP contribution in [0.15, 0.2) is 0 Å². The Morgan fingerprint density at radius 2 is 2.30 bits per heavy atom. The highest BCUT2D eigenvalue weighted by Gasteiger charge is 2.12. The molecule has 2 N–H and O–H groups in total. The Morgan fingerprint density at radius 1 is 1.70 bits per heavy atom. The third-order valence-corrected chi connectivity index (χ3v) is 1.23. The number of aliphatic hydroxyl groups excluding tert-OH is 1. The maximum absolute atomic E-state index is 8.44. The van der Waals surface area contributed by atoms with Crippen molar-refractivity contribution in [1.29, 1.82) is 0 Å². The van der Waals surface area contributed by atoms with Crippen LogP contribution < -0.4 is 0 Å². The fourth-order valence-corrected chi connectivity index (χ4v) is 0.788. The zero-order valence-corrected chi connectivity index (χ0v) is 5.69. The lowest BCUT2D eigenvalue weighted by Gasteiger charge is -2.00. The molecule has 1 unspecified atom stereocenters. The summed E-state index contributed by atoms with van der Waals surface area (Å²) in [5.74, 6) is 0. The SMILES string of the molecule is O=CO.OCC1CCCO1. The molecule has 1 aliphatic rings. The Morgan fingerprint density at radius 3 is 2.50 bits per heavy atom. The van der Waals surface area contributed by atoms with E-state index in [0.717, 1.165) is 19.4 Å². The van der Waals surface area contributed by atoms with Crippen LogP contribution in [0, 0.1) is 0 Å². The van der Waals surface area contributed by atoms with Crippen molar-refractivity contribution in [2.45, 2.75) is 18.9 Å². The van der Waals surface area contributed by atoms with E-state index in [9.17, 15) is 0 Å². The molecule has 1 rings (SSSR count). The third kappa shape index (κ3) is 4.29. The standard InChI is InChI=1S/C5H10O2.CH2O2/c6-4-5-2-1-3-7-5;2-1-3/h5-6H,1-4H2;1H,(H,2,3). The maximum atomic E-state index is 8.44. The Bertz CT molecular complexity index is 77.8. The second-order valence-electron chi connectivity index (χ2n) is 1.92. The quantitative estimate of drug-likeness (QED) is 0.508. The molecule has 0 amide bonds. The molecule has 0 aromatic rings. The van der Waals surface area contributed by atoms with E-state index in [1.165, 1.54) is 0 Å². The first kappa shape index (κ1) is 9.39. The van der Waals surface area contributed by atoms with Crippen molar-refractivity contribution in [1.82, 2.24) is 0 Å². The molecule has 1 atom stereocenters. The third-order valence-electron chi connectivity index (χ3n) is 1.23. The number of carbonyl (C=O) groups is 1. The Kier molecular flexibility index (Phi) is 6.11. The Balaban J connectivity index is 0.000000236. The number of hydrogen-bond donors (Lipinski definition) is 2. The molecule has 10 heavy (non-hydrogen) atoms. The van der Waals surface area contributed by atoms with Crippen molar-refractivity contribution in [2.75, 3.05) is 13.2 Å². The van der Waals surface area contributed by atoms with E-state index in [0.29, 0.717) is 0 Å². The molecule has 0 aromatic heterocycles. The Hall–Kier alpha value is -0.610. The van der Waals surface area contributed by atoms with Gasteiger partial charge in [-0.3, -0.25) is 4.79 Å². The number of carboxylic acid groups (broad SMARTS) is 1. The van der Waals surface area contributed by atoms with Crippen molar-refractivity contribution < 1.29 is 19.7 Å². The molecule has 1 aliphatic heterocycles. The van der Waals surface area contributed by atoms with Crippen LogP contribution >= 0.6 is 0 Å². The van der Waals surface area contributed by atoms with Crippen LogP contribution in [0.2, 0.25) is 0 Å². The van der Waals surface area contributed by atoms with Gasteiger partial charge in [0.15, 0.2) is 0 Å². The van der Waals surface area contributed by atoms with Gasteiger partial charge >= 0.3 is 0 Å². The van der Waals surface area contributed by atoms with Crippen molar-refractivity contribution in [2.24, 2.45) is 0 Å². The topological polar surface area (TPSA) is 66.8 Å². The monoisotopic (exact) mass is 148 g/mol. The highest BCUT2D eigenvalue weighted by atomic mass is 16.5. The van der Waals surface area contributed by atoms with Gasteiger partial charge < -0.3 is 14.9 Å². The Labute approximate surface area is 59.4 Å². The number of ether oxygens (including phenoxy) is 1. The molecule has 0 saturated carbocycles. The summed E-state index contributed by atoms with van der Waals surface area (Å²) in [6.07, 6.45) is 2.31. The normalized spacial score (nSPS) is 23.1. The highest BCUT2D eigenvalue weighted by Crippen LogP contribution is 2.09. The van der Waals surface area contributed by atoms with Crippen molar-refractivity contribution in [3.63, 3.8) is 0 Å². The zero-order valence-electron chi connectivity index (χ0n) is 5.69. The predicted octanol–water partition coefficient (Wildman–Crippen LogP) is -0.142. The molecule has 4 nitrogen and oxygen atoms in total. The van der Waals surface area contributed by atoms with E-state index < -0.39 is 0 Å². The largest absolute Gasteiger partial charge is 0.483 e. The minimum absolute atomic E-state index is 0.153. The molecule has 1 saturated heterocycles. The second-order valence-corrected chi connectivity index (χ2v) is 1.92. The molecule has 0 spiro atoms. The van der Waals surface area contributed by atoms with Crippen LogP contribution in [0.1, 0.15) is 12.8 Å². The van der Waals surface area contributed by atoms with Crippen LogP contribution in [0.4, 0.5) is 0 Å². The highest BCUT2D eigenvalue weighted by molar-refractivity contribution is 5.32. The van der Waals surface area contributed by atoms with E-state index in [1.54, 1.807) is 0 Å². The molecule has 0 bridgehead atoms. The van der Waals surface area contributed by atoms with Gasteiger partial charge in [-0.15, -0.1) is 0 Å². The first-order valence-corrected chi connectivity index (χ1v) is 3.15. The lowest BCUT2D eigenvalue weighted by molar-refractivity contribution is -0.122. The zero-order chi connectivity index (χ0) is 7.82. The van der Waals surface area contributed by atoms with E-state index in [-0.39, 0.29) is 19.2 Å². The molecule has 1 heterocycles. The number of hydrogen-bond acceptors (Lipinski definition) is 3. The lowest BCUT2D eigenvalue weighted by atomic mass is 10.2. The van der Waals surface area contributed by atoms with E-state index in [1.807, 2.05) is 0 Å². The molecule has 1 fully saturated rings. The number of rotatable bonds is 1. The summed E-state index contributed by atoms with van der Waals surface area (Å²) in [7, 11) is 0. The summed E-state index contributed by atoms with van der Waals surface area (Å²) < 4.78 is 5.05. The summed E-state index contributed by atoms with van der Waals surface area (Å²) in [6.45, 7) is 0.783. The van der Waals surface area contributed by atoms with E-state index >= 15 is 0 Å². The summed E-state index contributed by atoms with van der Waals surface area (Å²) in [4.78, 5) is 8.36. The average molecular weight is 148 g/mol. The molecule has 60 valence electrons. The van der Waals surface area contributed by atoms with Crippen LogP contribution in [0.25, 0.3) is 0 Å². The first-order chi connectivity index (χ1) is 4.85. The summed E-state index contributed by atoms with van der Waals surface area (Å²) in [5.41, 5.74) is 0. The fraction of sp³-hybridized carbons (Fsp3) is 0.833. The molecule has 0 radical (unpaired) electrons. The van der Waals surface area contributed by atoms with Gasteiger partial charge in [-0.2, -0.15) is 0 Å². The van der Waals surface area contributed by atoms with Crippen LogP contribution in [0.3, 0.4) is 0 Å². The van der Waals surface area contributed by atoms with Gasteiger partial charge in [0.1, 0.15) is 0 Å². The van der Waals surface area contributed by atoms with Gasteiger partial charge in [-0.25, -0.2) is 0 Å². The molecule has 0 aromatic carbocycles. The summed E-state index contributed by atoms with van der Waals surface area (Å²) in [6, 6.07) is 0. The number of aliphatic hydroxyl groups is 1. The van der Waals surface area contributed by atoms with Gasteiger partial charge in [0.05, 0.1) is 12.7 Å². The van der Waals surface area contributed by atoms with Crippen LogP contribution in [-0.2, 0) is 9.53 Å². The van der Waals surface area contributed by atoms with E-state index in [4.69, 9.17) is 19.7 Å². The molecular weight excluding hydrogens is 136 g/mol. The van der Waals surface area contributed by atoms with Gasteiger partial charge in [0.25, 0.3) is 6.47 Å². The van der Waals surface area contributed by atoms with Gasteiger partial charge in [0.2, 0.25) is 0 Å². The van der Waals surface area contributed by atoms with Gasteiger partial charge in [-0.1, -0.05) is 0 Å². The molecule has 0 aliphatic carbocycles. The average Bonchev–Trinajstić information content (AvgIpc) is 2.39. The van der Waals surface area contributed by atoms with Crippen LogP contribution in [0.5, 0.6) is 0 Å². The summed E-state index contributed by atoms with van der Waals surface area (Å²) in [5, 5.41) is 15.3. The van der Waals surface area contributed by atoms with Crippen LogP contribution in [-0.4, -0.2) is 36.0 Å². The second kappa shape index (κ2) is 6.51. The first-order valence-electron chi connectivity index (χ1n) is 3.15. The summed E-state index contributed by atoms with van der Waals surface area (Å²) >= 11 is 0. The molecule has 4 heteroatoms. The van der Waals surface area contributed by atoms with E-state index in [2.05, 4.69) is 0 Å². The van der Waals surface area contributed by atoms with Gasteiger partial charge in [0, 0.05) is 6.61 Å². The predicted molar refractivity (Wildman–Crippen MR) is 34.8 cm³/mol. The smallest absolute Gasteiger partial charge is 0.290 e. The molecular formula is C6H12O4. The lowest BCUT2D eigenvalue weighted by Crippen LogP contribution is -2.09. The van der Waals surface area contributed by atoms with Gasteiger partial charge in [-0.05, 0) is 12.8 Å². The maximum Gasteiger partial charge on any atom is 0.290 e.